The van der Waals surface area contributed by atoms with E-state index in [2.05, 4.69) is 16.9 Å². The normalized spacial score (nSPS) is 11.0. The molecule has 1 heterocycles. The second-order valence-electron chi connectivity index (χ2n) is 4.77. The highest BCUT2D eigenvalue weighted by Gasteiger charge is 2.02. The Bertz CT molecular complexity index is 643. The summed E-state index contributed by atoms with van der Waals surface area (Å²) < 4.78 is 0. The molecule has 21 heavy (non-hydrogen) atoms. The standard InChI is InChI=1S/C17H18N2OS/c1-4-14-5-7-15(8-6-14)16(20)9-10-21-17-18-12(2)11-13(3)19-17/h5-11H,4H2,1-3H3. The fraction of sp³-hybridized carbons (Fsp3) is 0.235. The Morgan fingerprint density at radius 1 is 1.14 bits per heavy atom. The second-order valence-corrected chi connectivity index (χ2v) is 5.64. The third-order valence-electron chi connectivity index (χ3n) is 3.00. The van der Waals surface area contributed by atoms with Crippen molar-refractivity contribution in [3.05, 3.63) is 64.3 Å². The lowest BCUT2D eigenvalue weighted by molar-refractivity contribution is 0.104. The summed E-state index contributed by atoms with van der Waals surface area (Å²) in [6.45, 7) is 5.96. The van der Waals surface area contributed by atoms with E-state index in [0.717, 1.165) is 17.8 Å². The highest BCUT2D eigenvalue weighted by Crippen LogP contribution is 2.16. The third kappa shape index (κ3) is 4.53. The molecule has 2 aromatic rings. The molecule has 0 N–H and O–H groups in total. The maximum absolute atomic E-state index is 12.0. The monoisotopic (exact) mass is 298 g/mol. The van der Waals surface area contributed by atoms with Crippen molar-refractivity contribution >= 4 is 17.5 Å². The summed E-state index contributed by atoms with van der Waals surface area (Å²) in [5, 5.41) is 2.41. The van der Waals surface area contributed by atoms with Crippen molar-refractivity contribution in [2.24, 2.45) is 0 Å². The first kappa shape index (κ1) is 15.4. The van der Waals surface area contributed by atoms with Crippen molar-refractivity contribution in [1.82, 2.24) is 9.97 Å². The van der Waals surface area contributed by atoms with E-state index in [1.54, 1.807) is 11.5 Å². The molecule has 0 saturated carbocycles. The van der Waals surface area contributed by atoms with Crippen LogP contribution in [0, 0.1) is 13.8 Å². The van der Waals surface area contributed by atoms with E-state index in [9.17, 15) is 4.79 Å². The third-order valence-corrected chi connectivity index (χ3v) is 3.67. The van der Waals surface area contributed by atoms with E-state index in [4.69, 9.17) is 0 Å². The van der Waals surface area contributed by atoms with Crippen molar-refractivity contribution in [3.8, 4) is 0 Å². The summed E-state index contributed by atoms with van der Waals surface area (Å²) in [6.07, 6.45) is 2.54. The maximum atomic E-state index is 12.0. The minimum absolute atomic E-state index is 0.00507. The van der Waals surface area contributed by atoms with Gasteiger partial charge in [-0.25, -0.2) is 9.97 Å². The minimum atomic E-state index is -0.00507. The first-order valence-corrected chi connectivity index (χ1v) is 7.75. The molecule has 108 valence electrons. The van der Waals surface area contributed by atoms with Gasteiger partial charge in [-0.2, -0.15) is 0 Å². The summed E-state index contributed by atoms with van der Waals surface area (Å²) in [6, 6.07) is 9.63. The number of benzene rings is 1. The summed E-state index contributed by atoms with van der Waals surface area (Å²) in [7, 11) is 0. The molecule has 0 aliphatic heterocycles. The zero-order valence-electron chi connectivity index (χ0n) is 12.5. The number of hydrogen-bond donors (Lipinski definition) is 0. The van der Waals surface area contributed by atoms with E-state index >= 15 is 0 Å². The predicted molar refractivity (Wildman–Crippen MR) is 86.7 cm³/mol. The number of carbonyl (C=O) groups is 1. The number of aryl methyl sites for hydroxylation is 3. The Hall–Kier alpha value is -1.94. The van der Waals surface area contributed by atoms with Crippen LogP contribution in [0.1, 0.15) is 34.2 Å². The van der Waals surface area contributed by atoms with Gasteiger partial charge in [-0.1, -0.05) is 43.0 Å². The fourth-order valence-electron chi connectivity index (χ4n) is 1.90. The number of rotatable bonds is 5. The number of hydrogen-bond acceptors (Lipinski definition) is 4. The molecule has 0 spiro atoms. The predicted octanol–water partition coefficient (Wildman–Crippen LogP) is 4.14. The van der Waals surface area contributed by atoms with Crippen molar-refractivity contribution in [2.75, 3.05) is 0 Å². The molecule has 2 rings (SSSR count). The van der Waals surface area contributed by atoms with Gasteiger partial charge in [0.2, 0.25) is 0 Å². The number of nitrogens with zero attached hydrogens (tertiary/aromatic N) is 2. The van der Waals surface area contributed by atoms with Crippen LogP contribution in [0.25, 0.3) is 0 Å². The Morgan fingerprint density at radius 2 is 1.76 bits per heavy atom. The van der Waals surface area contributed by atoms with Crippen LogP contribution in [0.5, 0.6) is 0 Å². The van der Waals surface area contributed by atoms with Gasteiger partial charge in [0.1, 0.15) is 0 Å². The highest BCUT2D eigenvalue weighted by molar-refractivity contribution is 8.02. The van der Waals surface area contributed by atoms with E-state index in [1.807, 2.05) is 44.2 Å². The molecule has 0 amide bonds. The maximum Gasteiger partial charge on any atom is 0.192 e. The SMILES string of the molecule is CCc1ccc(C(=O)C=CSc2nc(C)cc(C)n2)cc1. The van der Waals surface area contributed by atoms with Crippen molar-refractivity contribution < 1.29 is 4.79 Å². The van der Waals surface area contributed by atoms with Gasteiger partial charge in [0.25, 0.3) is 0 Å². The van der Waals surface area contributed by atoms with Crippen LogP contribution in [0.3, 0.4) is 0 Å². The molecule has 0 radical (unpaired) electrons. The van der Waals surface area contributed by atoms with Crippen LogP contribution in [0.2, 0.25) is 0 Å². The minimum Gasteiger partial charge on any atom is -0.289 e. The molecule has 0 aliphatic carbocycles. The molecule has 0 fully saturated rings. The van der Waals surface area contributed by atoms with E-state index < -0.39 is 0 Å². The Balaban J connectivity index is 2.01. The number of carbonyl (C=O) groups excluding carboxylic acids is 1. The second kappa shape index (κ2) is 7.18. The first-order chi connectivity index (χ1) is 10.1. The van der Waals surface area contributed by atoms with Gasteiger partial charge in [-0.3, -0.25) is 4.79 Å². The number of allylic oxidation sites excluding steroid dienone is 1. The van der Waals surface area contributed by atoms with Crippen LogP contribution in [-0.2, 0) is 6.42 Å². The van der Waals surface area contributed by atoms with Gasteiger partial charge in [-0.05, 0) is 43.4 Å². The topological polar surface area (TPSA) is 42.9 Å². The first-order valence-electron chi connectivity index (χ1n) is 6.87. The molecule has 0 aliphatic rings. The van der Waals surface area contributed by atoms with E-state index in [0.29, 0.717) is 10.7 Å². The van der Waals surface area contributed by atoms with E-state index in [1.165, 1.54) is 17.3 Å². The van der Waals surface area contributed by atoms with Gasteiger partial charge in [0, 0.05) is 17.0 Å². The Morgan fingerprint density at radius 3 is 2.33 bits per heavy atom. The molecule has 1 aromatic carbocycles. The van der Waals surface area contributed by atoms with Crippen LogP contribution in [0.15, 0.2) is 47.0 Å². The zero-order chi connectivity index (χ0) is 15.2. The summed E-state index contributed by atoms with van der Waals surface area (Å²) in [5.74, 6) is -0.00507. The molecule has 1 aromatic heterocycles. The van der Waals surface area contributed by atoms with Gasteiger partial charge >= 0.3 is 0 Å². The summed E-state index contributed by atoms with van der Waals surface area (Å²) >= 11 is 1.36. The summed E-state index contributed by atoms with van der Waals surface area (Å²) in [4.78, 5) is 20.7. The molecule has 3 nitrogen and oxygen atoms in total. The van der Waals surface area contributed by atoms with Crippen LogP contribution < -0.4 is 0 Å². The molecular weight excluding hydrogens is 280 g/mol. The average molecular weight is 298 g/mol. The van der Waals surface area contributed by atoms with Crippen LogP contribution >= 0.6 is 11.8 Å². The Labute approximate surface area is 129 Å². The molecule has 0 atom stereocenters. The lowest BCUT2D eigenvalue weighted by Gasteiger charge is -2.00. The lowest BCUT2D eigenvalue weighted by Crippen LogP contribution is -1.94. The van der Waals surface area contributed by atoms with Crippen molar-refractivity contribution in [1.29, 1.82) is 0 Å². The van der Waals surface area contributed by atoms with Crippen LogP contribution in [-0.4, -0.2) is 15.8 Å². The Kier molecular flexibility index (Phi) is 5.28. The van der Waals surface area contributed by atoms with Gasteiger partial charge in [0.05, 0.1) is 0 Å². The quantitative estimate of drug-likeness (QED) is 0.360. The van der Waals surface area contributed by atoms with Gasteiger partial charge in [0.15, 0.2) is 10.9 Å². The largest absolute Gasteiger partial charge is 0.289 e. The van der Waals surface area contributed by atoms with Crippen molar-refractivity contribution in [2.45, 2.75) is 32.3 Å². The van der Waals surface area contributed by atoms with Crippen LogP contribution in [0.4, 0.5) is 0 Å². The fourth-order valence-corrected chi connectivity index (χ4v) is 2.61. The zero-order valence-corrected chi connectivity index (χ0v) is 13.3. The number of aromatic nitrogens is 2. The number of ketones is 1. The lowest BCUT2D eigenvalue weighted by atomic mass is 10.1. The molecule has 0 unspecified atom stereocenters. The van der Waals surface area contributed by atoms with Gasteiger partial charge < -0.3 is 0 Å². The average Bonchev–Trinajstić information content (AvgIpc) is 2.46. The molecular formula is C17H18N2OS. The van der Waals surface area contributed by atoms with Gasteiger partial charge in [-0.15, -0.1) is 0 Å². The number of thioether (sulfide) groups is 1. The highest BCUT2D eigenvalue weighted by atomic mass is 32.2. The molecule has 0 bridgehead atoms. The van der Waals surface area contributed by atoms with Crippen molar-refractivity contribution in [3.63, 3.8) is 0 Å². The summed E-state index contributed by atoms with van der Waals surface area (Å²) in [5.41, 5.74) is 3.79. The molecule has 0 saturated heterocycles. The molecule has 4 heteroatoms. The smallest absolute Gasteiger partial charge is 0.192 e. The van der Waals surface area contributed by atoms with E-state index in [-0.39, 0.29) is 5.78 Å².